The van der Waals surface area contributed by atoms with Crippen LogP contribution in [0.15, 0.2) is 46.7 Å². The van der Waals surface area contributed by atoms with Crippen LogP contribution in [0.3, 0.4) is 0 Å². The van der Waals surface area contributed by atoms with Crippen LogP contribution in [0.2, 0.25) is 0 Å². The first-order valence-electron chi connectivity index (χ1n) is 10.3. The SMILES string of the molecule is Cc1ccccc1CCNC(=O)CN1CCN(Cc2cc(=O)n3ccsc3n2)CC1. The van der Waals surface area contributed by atoms with E-state index in [1.807, 2.05) is 17.5 Å². The molecule has 1 aromatic carbocycles. The van der Waals surface area contributed by atoms with Crippen molar-refractivity contribution in [1.82, 2.24) is 24.5 Å². The fourth-order valence-electron chi connectivity index (χ4n) is 3.79. The maximum absolute atomic E-state index is 12.3. The number of thiazole rings is 1. The van der Waals surface area contributed by atoms with Crippen LogP contribution in [0, 0.1) is 6.92 Å². The summed E-state index contributed by atoms with van der Waals surface area (Å²) in [6, 6.07) is 9.90. The van der Waals surface area contributed by atoms with Crippen molar-refractivity contribution >= 4 is 22.2 Å². The van der Waals surface area contributed by atoms with Gasteiger partial charge in [0.15, 0.2) is 4.96 Å². The van der Waals surface area contributed by atoms with E-state index in [1.165, 1.54) is 22.5 Å². The number of carbonyl (C=O) groups is 1. The van der Waals surface area contributed by atoms with Crippen LogP contribution in [0.5, 0.6) is 0 Å². The van der Waals surface area contributed by atoms with Gasteiger partial charge in [0.25, 0.3) is 5.56 Å². The first-order chi connectivity index (χ1) is 14.6. The Morgan fingerprint density at radius 2 is 1.93 bits per heavy atom. The van der Waals surface area contributed by atoms with E-state index >= 15 is 0 Å². The summed E-state index contributed by atoms with van der Waals surface area (Å²) in [6.45, 7) is 7.26. The predicted octanol–water partition coefficient (Wildman–Crippen LogP) is 1.54. The van der Waals surface area contributed by atoms with Crippen molar-refractivity contribution in [1.29, 1.82) is 0 Å². The van der Waals surface area contributed by atoms with E-state index in [-0.39, 0.29) is 11.5 Å². The molecule has 1 amide bonds. The zero-order valence-corrected chi connectivity index (χ0v) is 18.0. The first-order valence-corrected chi connectivity index (χ1v) is 11.2. The van der Waals surface area contributed by atoms with Crippen LogP contribution in [-0.2, 0) is 17.8 Å². The van der Waals surface area contributed by atoms with Gasteiger partial charge in [-0.05, 0) is 24.5 Å². The number of benzene rings is 1. The Bertz CT molecular complexity index is 1070. The van der Waals surface area contributed by atoms with Gasteiger partial charge in [0, 0.05) is 56.9 Å². The van der Waals surface area contributed by atoms with Crippen molar-refractivity contribution in [3.8, 4) is 0 Å². The minimum Gasteiger partial charge on any atom is -0.355 e. The van der Waals surface area contributed by atoms with Crippen molar-refractivity contribution in [3.63, 3.8) is 0 Å². The molecule has 0 spiro atoms. The Labute approximate surface area is 180 Å². The number of piperazine rings is 1. The zero-order chi connectivity index (χ0) is 20.9. The minimum atomic E-state index is -0.0303. The number of aryl methyl sites for hydroxylation is 1. The van der Waals surface area contributed by atoms with Crippen molar-refractivity contribution in [2.45, 2.75) is 19.9 Å². The molecule has 1 aliphatic heterocycles. The first kappa shape index (κ1) is 20.7. The summed E-state index contributed by atoms with van der Waals surface area (Å²) in [5.41, 5.74) is 3.32. The van der Waals surface area contributed by atoms with E-state index in [1.54, 1.807) is 16.7 Å². The van der Waals surface area contributed by atoms with Gasteiger partial charge in [0.05, 0.1) is 12.2 Å². The van der Waals surface area contributed by atoms with Crippen molar-refractivity contribution in [2.24, 2.45) is 0 Å². The maximum Gasteiger partial charge on any atom is 0.258 e. The highest BCUT2D eigenvalue weighted by Gasteiger charge is 2.19. The third-order valence-corrected chi connectivity index (χ3v) is 6.31. The summed E-state index contributed by atoms with van der Waals surface area (Å²) < 4.78 is 1.57. The van der Waals surface area contributed by atoms with Crippen LogP contribution >= 0.6 is 11.3 Å². The lowest BCUT2D eigenvalue weighted by Gasteiger charge is -2.34. The number of carbonyl (C=O) groups excluding carboxylic acids is 1. The van der Waals surface area contributed by atoms with Gasteiger partial charge in [-0.2, -0.15) is 0 Å². The molecule has 7 nitrogen and oxygen atoms in total. The highest BCUT2D eigenvalue weighted by molar-refractivity contribution is 7.15. The summed E-state index contributed by atoms with van der Waals surface area (Å²) >= 11 is 1.47. The summed E-state index contributed by atoms with van der Waals surface area (Å²) in [5.74, 6) is 0.0786. The van der Waals surface area contributed by atoms with E-state index in [9.17, 15) is 9.59 Å². The van der Waals surface area contributed by atoms with Crippen LogP contribution in [-0.4, -0.2) is 64.4 Å². The highest BCUT2D eigenvalue weighted by atomic mass is 32.1. The average molecular weight is 426 g/mol. The Morgan fingerprint density at radius 3 is 2.73 bits per heavy atom. The van der Waals surface area contributed by atoms with Crippen LogP contribution in [0.25, 0.3) is 4.96 Å². The number of nitrogens with zero attached hydrogens (tertiary/aromatic N) is 4. The van der Waals surface area contributed by atoms with E-state index in [0.717, 1.165) is 43.3 Å². The van der Waals surface area contributed by atoms with Gasteiger partial charge in [-0.3, -0.25) is 23.8 Å². The van der Waals surface area contributed by atoms with Gasteiger partial charge in [-0.25, -0.2) is 4.98 Å². The van der Waals surface area contributed by atoms with Crippen molar-refractivity contribution < 1.29 is 4.79 Å². The maximum atomic E-state index is 12.3. The largest absolute Gasteiger partial charge is 0.355 e. The zero-order valence-electron chi connectivity index (χ0n) is 17.2. The van der Waals surface area contributed by atoms with E-state index < -0.39 is 0 Å². The van der Waals surface area contributed by atoms with Gasteiger partial charge < -0.3 is 5.32 Å². The number of rotatable bonds is 7. The molecule has 8 heteroatoms. The van der Waals surface area contributed by atoms with Gasteiger partial charge in [-0.1, -0.05) is 24.3 Å². The fraction of sp³-hybridized carbons (Fsp3) is 0.409. The summed E-state index contributed by atoms with van der Waals surface area (Å²) in [6.07, 6.45) is 2.61. The van der Waals surface area contributed by atoms with Crippen molar-refractivity contribution in [2.75, 3.05) is 39.3 Å². The van der Waals surface area contributed by atoms with Crippen LogP contribution in [0.4, 0.5) is 0 Å². The molecule has 0 aliphatic carbocycles. The molecule has 0 radical (unpaired) electrons. The molecule has 1 aliphatic rings. The number of hydrogen-bond acceptors (Lipinski definition) is 6. The van der Waals surface area contributed by atoms with Gasteiger partial charge in [0.2, 0.25) is 5.91 Å². The van der Waals surface area contributed by atoms with E-state index in [2.05, 4.69) is 39.2 Å². The molecule has 2 aromatic heterocycles. The molecule has 1 fully saturated rings. The molecule has 4 rings (SSSR count). The van der Waals surface area contributed by atoms with Gasteiger partial charge in [-0.15, -0.1) is 11.3 Å². The molecular formula is C22H27N5O2S. The molecule has 1 N–H and O–H groups in total. The standard InChI is InChI=1S/C22H27N5O2S/c1-17-4-2-3-5-18(17)6-7-23-20(28)16-26-10-8-25(9-11-26)15-19-14-21(29)27-12-13-30-22(27)24-19/h2-5,12-14H,6-11,15-16H2,1H3,(H,23,28). The second-order valence-corrected chi connectivity index (χ2v) is 8.59. The predicted molar refractivity (Wildman–Crippen MR) is 119 cm³/mol. The number of fused-ring (bicyclic) bond motifs is 1. The lowest BCUT2D eigenvalue weighted by atomic mass is 10.1. The van der Waals surface area contributed by atoms with E-state index in [0.29, 0.717) is 19.6 Å². The highest BCUT2D eigenvalue weighted by Crippen LogP contribution is 2.10. The second kappa shape index (κ2) is 9.51. The Kier molecular flexibility index (Phi) is 6.56. The monoisotopic (exact) mass is 425 g/mol. The molecule has 1 saturated heterocycles. The Hall–Kier alpha value is -2.55. The van der Waals surface area contributed by atoms with Gasteiger partial charge >= 0.3 is 0 Å². The second-order valence-electron chi connectivity index (χ2n) is 7.72. The molecule has 0 atom stereocenters. The normalized spacial score (nSPS) is 15.5. The van der Waals surface area contributed by atoms with Crippen LogP contribution < -0.4 is 10.9 Å². The van der Waals surface area contributed by atoms with Gasteiger partial charge in [0.1, 0.15) is 0 Å². The Balaban J connectivity index is 1.20. The third kappa shape index (κ3) is 5.13. The summed E-state index contributed by atoms with van der Waals surface area (Å²) in [7, 11) is 0. The fourth-order valence-corrected chi connectivity index (χ4v) is 4.53. The van der Waals surface area contributed by atoms with E-state index in [4.69, 9.17) is 0 Å². The number of nitrogens with one attached hydrogen (secondary N) is 1. The van der Waals surface area contributed by atoms with Crippen LogP contribution in [0.1, 0.15) is 16.8 Å². The molecule has 3 heterocycles. The number of hydrogen-bond donors (Lipinski definition) is 1. The summed E-state index contributed by atoms with van der Waals surface area (Å²) in [5, 5.41) is 4.91. The summed E-state index contributed by atoms with van der Waals surface area (Å²) in [4.78, 5) is 34.2. The average Bonchev–Trinajstić information content (AvgIpc) is 3.20. The molecule has 0 saturated carbocycles. The number of amides is 1. The minimum absolute atomic E-state index is 0.0303. The van der Waals surface area contributed by atoms with Crippen molar-refractivity contribution in [3.05, 3.63) is 69.1 Å². The number of aromatic nitrogens is 2. The molecule has 30 heavy (non-hydrogen) atoms. The lowest BCUT2D eigenvalue weighted by molar-refractivity contribution is -0.122. The lowest BCUT2D eigenvalue weighted by Crippen LogP contribution is -2.49. The third-order valence-electron chi connectivity index (χ3n) is 5.55. The Morgan fingerprint density at radius 1 is 1.17 bits per heavy atom. The smallest absolute Gasteiger partial charge is 0.258 e. The molecule has 0 unspecified atom stereocenters. The molecule has 0 bridgehead atoms. The molecule has 158 valence electrons. The molecular weight excluding hydrogens is 398 g/mol. The molecule has 3 aromatic rings. The quantitative estimate of drug-likeness (QED) is 0.622. The topological polar surface area (TPSA) is 70.0 Å².